The van der Waals surface area contributed by atoms with Gasteiger partial charge in [0.15, 0.2) is 5.03 Å². The Bertz CT molecular complexity index is 887. The summed E-state index contributed by atoms with van der Waals surface area (Å²) in [6, 6.07) is 11.9. The number of hydrogen-bond acceptors (Lipinski definition) is 6. The van der Waals surface area contributed by atoms with Crippen molar-refractivity contribution in [1.82, 2.24) is 9.97 Å². The van der Waals surface area contributed by atoms with E-state index >= 15 is 0 Å². The largest absolute Gasteiger partial charge is 0.497 e. The van der Waals surface area contributed by atoms with E-state index in [1.165, 1.54) is 18.5 Å². The molecule has 0 N–H and O–H groups in total. The summed E-state index contributed by atoms with van der Waals surface area (Å²) in [5.74, 6) is 0.820. The van der Waals surface area contributed by atoms with Crippen LogP contribution in [0.5, 0.6) is 5.75 Å². The molecule has 3 rings (SSSR count). The van der Waals surface area contributed by atoms with Crippen LogP contribution in [-0.4, -0.2) is 25.5 Å². The molecule has 0 bridgehead atoms. The van der Waals surface area contributed by atoms with E-state index in [1.54, 1.807) is 43.5 Å². The Morgan fingerprint density at radius 1 is 1.13 bits per heavy atom. The van der Waals surface area contributed by atoms with E-state index in [0.717, 1.165) is 11.3 Å². The molecule has 0 aliphatic rings. The molecule has 0 aliphatic carbocycles. The van der Waals surface area contributed by atoms with E-state index in [4.69, 9.17) is 9.15 Å². The molecule has 6 nitrogen and oxygen atoms in total. The third-order valence-electron chi connectivity index (χ3n) is 3.18. The molecule has 0 saturated carbocycles. The molecule has 0 aliphatic heterocycles. The Balaban J connectivity index is 1.82. The third-order valence-corrected chi connectivity index (χ3v) is 4.74. The number of aromatic nitrogens is 2. The van der Waals surface area contributed by atoms with Gasteiger partial charge in [-0.05, 0) is 36.4 Å². The van der Waals surface area contributed by atoms with Gasteiger partial charge >= 0.3 is 0 Å². The number of benzene rings is 1. The van der Waals surface area contributed by atoms with E-state index in [-0.39, 0.29) is 10.8 Å². The lowest BCUT2D eigenvalue weighted by molar-refractivity contribution is 0.415. The highest BCUT2D eigenvalue weighted by atomic mass is 32.2. The number of rotatable bonds is 5. The van der Waals surface area contributed by atoms with Crippen molar-refractivity contribution in [3.63, 3.8) is 0 Å². The Hall–Kier alpha value is -2.67. The number of ether oxygens (including phenoxy) is 1. The summed E-state index contributed by atoms with van der Waals surface area (Å²) in [6.45, 7) is 0. The molecule has 2 aromatic heterocycles. The molecule has 0 spiro atoms. The van der Waals surface area contributed by atoms with Crippen LogP contribution in [0, 0.1) is 0 Å². The smallest absolute Gasteiger partial charge is 0.226 e. The molecule has 0 radical (unpaired) electrons. The summed E-state index contributed by atoms with van der Waals surface area (Å²) in [5, 5.41) is 0.0222. The van der Waals surface area contributed by atoms with Gasteiger partial charge in [-0.2, -0.15) is 0 Å². The maximum atomic E-state index is 12.3. The molecule has 0 fully saturated rings. The van der Waals surface area contributed by atoms with Gasteiger partial charge in [0, 0.05) is 11.8 Å². The van der Waals surface area contributed by atoms with Crippen LogP contribution < -0.4 is 4.74 Å². The highest BCUT2D eigenvalue weighted by Gasteiger charge is 2.19. The molecule has 7 heteroatoms. The maximum absolute atomic E-state index is 12.3. The zero-order valence-corrected chi connectivity index (χ0v) is 13.2. The van der Waals surface area contributed by atoms with Crippen LogP contribution in [0.15, 0.2) is 64.4 Å². The Morgan fingerprint density at radius 3 is 2.57 bits per heavy atom. The second-order valence-corrected chi connectivity index (χ2v) is 6.74. The first-order valence-corrected chi connectivity index (χ1v) is 8.46. The highest BCUT2D eigenvalue weighted by Crippen LogP contribution is 2.23. The third kappa shape index (κ3) is 3.40. The van der Waals surface area contributed by atoms with Crippen LogP contribution in [-0.2, 0) is 15.6 Å². The highest BCUT2D eigenvalue weighted by molar-refractivity contribution is 7.90. The average molecular weight is 330 g/mol. The first-order valence-electron chi connectivity index (χ1n) is 6.81. The average Bonchev–Trinajstić information content (AvgIpc) is 3.03. The van der Waals surface area contributed by atoms with Crippen molar-refractivity contribution in [2.45, 2.75) is 10.8 Å². The van der Waals surface area contributed by atoms with Crippen molar-refractivity contribution in [3.05, 3.63) is 60.6 Å². The number of hydrogen-bond donors (Lipinski definition) is 0. The minimum absolute atomic E-state index is 0.0222. The summed E-state index contributed by atoms with van der Waals surface area (Å²) in [4.78, 5) is 8.10. The number of nitrogens with zero attached hydrogens (tertiary/aromatic N) is 2. The van der Waals surface area contributed by atoms with Gasteiger partial charge in [-0.1, -0.05) is 6.07 Å². The van der Waals surface area contributed by atoms with Crippen molar-refractivity contribution in [1.29, 1.82) is 0 Å². The lowest BCUT2D eigenvalue weighted by Gasteiger charge is -2.00. The van der Waals surface area contributed by atoms with E-state index in [1.807, 2.05) is 0 Å². The number of pyridine rings is 1. The summed E-state index contributed by atoms with van der Waals surface area (Å²) < 4.78 is 35.0. The first kappa shape index (κ1) is 15.2. The van der Waals surface area contributed by atoms with Crippen molar-refractivity contribution in [3.8, 4) is 17.2 Å². The monoisotopic (exact) mass is 330 g/mol. The second kappa shape index (κ2) is 6.21. The quantitative estimate of drug-likeness (QED) is 0.715. The van der Waals surface area contributed by atoms with Gasteiger partial charge in [0.1, 0.15) is 17.8 Å². The van der Waals surface area contributed by atoms with Gasteiger partial charge in [-0.25, -0.2) is 18.4 Å². The molecule has 2 heterocycles. The fourth-order valence-corrected chi connectivity index (χ4v) is 3.22. The Kier molecular flexibility index (Phi) is 4.12. The summed E-state index contributed by atoms with van der Waals surface area (Å²) in [5.41, 5.74) is 1.08. The summed E-state index contributed by atoms with van der Waals surface area (Å²) in [6.07, 6.45) is 2.79. The molecule has 3 aromatic rings. The predicted octanol–water partition coefficient (Wildman–Crippen LogP) is 2.72. The van der Waals surface area contributed by atoms with Crippen LogP contribution in [0.4, 0.5) is 0 Å². The van der Waals surface area contributed by atoms with Gasteiger partial charge in [-0.3, -0.25) is 0 Å². The number of sulfone groups is 1. The van der Waals surface area contributed by atoms with E-state index < -0.39 is 9.84 Å². The topological polar surface area (TPSA) is 82.3 Å². The van der Waals surface area contributed by atoms with Gasteiger partial charge in [0.05, 0.1) is 12.8 Å². The van der Waals surface area contributed by atoms with Crippen LogP contribution in [0.1, 0.15) is 5.69 Å². The van der Waals surface area contributed by atoms with E-state index in [0.29, 0.717) is 11.6 Å². The molecule has 0 amide bonds. The first-order chi connectivity index (χ1) is 11.1. The fourth-order valence-electron chi connectivity index (χ4n) is 2.04. The molecular formula is C16H14N2O4S. The van der Waals surface area contributed by atoms with Crippen molar-refractivity contribution in [2.75, 3.05) is 7.11 Å². The van der Waals surface area contributed by atoms with Crippen molar-refractivity contribution < 1.29 is 17.6 Å². The Morgan fingerprint density at radius 2 is 1.91 bits per heavy atom. The van der Waals surface area contributed by atoms with Crippen LogP contribution >= 0.6 is 0 Å². The minimum Gasteiger partial charge on any atom is -0.497 e. The number of oxazole rings is 1. The van der Waals surface area contributed by atoms with Crippen LogP contribution in [0.2, 0.25) is 0 Å². The normalized spacial score (nSPS) is 11.3. The molecular weight excluding hydrogens is 316 g/mol. The van der Waals surface area contributed by atoms with Crippen molar-refractivity contribution >= 4 is 9.84 Å². The van der Waals surface area contributed by atoms with Crippen LogP contribution in [0.3, 0.4) is 0 Å². The van der Waals surface area contributed by atoms with E-state index in [9.17, 15) is 8.42 Å². The maximum Gasteiger partial charge on any atom is 0.226 e. The lowest BCUT2D eigenvalue weighted by atomic mass is 10.2. The Labute approximate surface area is 133 Å². The number of methoxy groups -OCH3 is 1. The lowest BCUT2D eigenvalue weighted by Crippen LogP contribution is -2.06. The zero-order valence-electron chi connectivity index (χ0n) is 12.3. The van der Waals surface area contributed by atoms with Crippen molar-refractivity contribution in [2.24, 2.45) is 0 Å². The SMILES string of the molecule is COc1ccc(-c2nc(CS(=O)(=O)c3ccccn3)co2)cc1. The standard InChI is InChI=1S/C16H14N2O4S/c1-21-14-7-5-12(6-8-14)16-18-13(10-22-16)11-23(19,20)15-4-2-3-9-17-15/h2-10H,11H2,1H3. The molecule has 1 aromatic carbocycles. The van der Waals surface area contributed by atoms with Crippen LogP contribution in [0.25, 0.3) is 11.5 Å². The zero-order chi connectivity index (χ0) is 16.3. The minimum atomic E-state index is -3.55. The summed E-state index contributed by atoms with van der Waals surface area (Å²) >= 11 is 0. The van der Waals surface area contributed by atoms with Gasteiger partial charge in [0.2, 0.25) is 15.7 Å². The molecule has 23 heavy (non-hydrogen) atoms. The molecule has 0 atom stereocenters. The van der Waals surface area contributed by atoms with Gasteiger partial charge in [0.25, 0.3) is 0 Å². The molecule has 0 saturated heterocycles. The summed E-state index contributed by atoms with van der Waals surface area (Å²) in [7, 11) is -1.96. The molecule has 0 unspecified atom stereocenters. The second-order valence-electron chi connectivity index (χ2n) is 4.80. The predicted molar refractivity (Wildman–Crippen MR) is 83.6 cm³/mol. The van der Waals surface area contributed by atoms with Gasteiger partial charge in [-0.15, -0.1) is 0 Å². The fraction of sp³-hybridized carbons (Fsp3) is 0.125. The van der Waals surface area contributed by atoms with E-state index in [2.05, 4.69) is 9.97 Å². The molecule has 118 valence electrons. The van der Waals surface area contributed by atoms with Gasteiger partial charge < -0.3 is 9.15 Å².